The smallest absolute Gasteiger partial charge is 0.202 e. The van der Waals surface area contributed by atoms with Crippen molar-refractivity contribution >= 4 is 5.78 Å². The van der Waals surface area contributed by atoms with Crippen LogP contribution in [0.5, 0.6) is 0 Å². The Bertz CT molecular complexity index is 183. The highest BCUT2D eigenvalue weighted by Crippen LogP contribution is 2.05. The average molecular weight is 180 g/mol. The van der Waals surface area contributed by atoms with Gasteiger partial charge in [-0.25, -0.2) is 0 Å². The Balaban J connectivity index is 3.09. The number of hydrogen-bond donors (Lipinski definition) is 0. The maximum Gasteiger partial charge on any atom is 0.202 e. The van der Waals surface area contributed by atoms with Crippen molar-refractivity contribution in [3.05, 3.63) is 0 Å². The first kappa shape index (κ1) is 12.2. The molecule has 13 heavy (non-hydrogen) atoms. The molecular formula is C12H20O. The van der Waals surface area contributed by atoms with Crippen LogP contribution < -0.4 is 0 Å². The summed E-state index contributed by atoms with van der Waals surface area (Å²) in [5, 5.41) is 0. The van der Waals surface area contributed by atoms with E-state index in [2.05, 4.69) is 18.8 Å². The molecule has 0 aliphatic rings. The topological polar surface area (TPSA) is 17.1 Å². The maximum absolute atomic E-state index is 10.4. The third kappa shape index (κ3) is 11.2. The highest BCUT2D eigenvalue weighted by Gasteiger charge is 1.87. The molecular weight excluding hydrogens is 160 g/mol. The van der Waals surface area contributed by atoms with Crippen molar-refractivity contribution in [1.82, 2.24) is 0 Å². The Morgan fingerprint density at radius 1 is 1.08 bits per heavy atom. The summed E-state index contributed by atoms with van der Waals surface area (Å²) in [4.78, 5) is 10.4. The van der Waals surface area contributed by atoms with Crippen LogP contribution in [0.1, 0.15) is 58.8 Å². The van der Waals surface area contributed by atoms with E-state index in [1.807, 2.05) is 0 Å². The van der Waals surface area contributed by atoms with E-state index >= 15 is 0 Å². The van der Waals surface area contributed by atoms with Gasteiger partial charge in [-0.1, -0.05) is 44.9 Å². The fraction of sp³-hybridized carbons (Fsp3) is 0.750. The second-order valence-corrected chi connectivity index (χ2v) is 3.38. The zero-order valence-electron chi connectivity index (χ0n) is 8.86. The standard InChI is InChI=1S/C12H20O/c1-3-4-5-6-7-8-9-10-11-12(2)13/h3-9H2,1-2H3. The molecule has 0 rings (SSSR count). The van der Waals surface area contributed by atoms with Gasteiger partial charge in [-0.15, -0.1) is 0 Å². The molecule has 0 fully saturated rings. The van der Waals surface area contributed by atoms with Crippen LogP contribution in [0, 0.1) is 11.8 Å². The van der Waals surface area contributed by atoms with E-state index in [1.165, 1.54) is 39.0 Å². The van der Waals surface area contributed by atoms with Crippen molar-refractivity contribution in [2.45, 2.75) is 58.8 Å². The molecule has 0 spiro atoms. The van der Waals surface area contributed by atoms with Gasteiger partial charge in [0.15, 0.2) is 0 Å². The summed E-state index contributed by atoms with van der Waals surface area (Å²) in [5.41, 5.74) is 0. The van der Waals surface area contributed by atoms with Gasteiger partial charge in [-0.2, -0.15) is 0 Å². The molecule has 0 saturated heterocycles. The summed E-state index contributed by atoms with van der Waals surface area (Å²) in [6.45, 7) is 3.73. The molecule has 0 saturated carbocycles. The Morgan fingerprint density at radius 2 is 1.69 bits per heavy atom. The fourth-order valence-corrected chi connectivity index (χ4v) is 1.18. The zero-order chi connectivity index (χ0) is 9.94. The summed E-state index contributed by atoms with van der Waals surface area (Å²) < 4.78 is 0. The van der Waals surface area contributed by atoms with Crippen molar-refractivity contribution in [1.29, 1.82) is 0 Å². The number of rotatable bonds is 6. The second kappa shape index (κ2) is 9.32. The molecule has 0 unspecified atom stereocenters. The average Bonchev–Trinajstić information content (AvgIpc) is 2.09. The minimum atomic E-state index is -0.0222. The minimum absolute atomic E-state index is 0.0222. The van der Waals surface area contributed by atoms with E-state index in [4.69, 9.17) is 0 Å². The van der Waals surface area contributed by atoms with Gasteiger partial charge in [-0.05, 0) is 12.3 Å². The fourth-order valence-electron chi connectivity index (χ4n) is 1.18. The molecule has 1 heteroatoms. The van der Waals surface area contributed by atoms with Crippen LogP contribution in [0.3, 0.4) is 0 Å². The number of carbonyl (C=O) groups is 1. The van der Waals surface area contributed by atoms with Crippen molar-refractivity contribution in [2.24, 2.45) is 0 Å². The first-order valence-corrected chi connectivity index (χ1v) is 5.26. The highest BCUT2D eigenvalue weighted by molar-refractivity contribution is 5.93. The molecule has 0 radical (unpaired) electrons. The molecule has 0 heterocycles. The molecule has 0 aromatic rings. The van der Waals surface area contributed by atoms with E-state index < -0.39 is 0 Å². The van der Waals surface area contributed by atoms with Gasteiger partial charge in [0.1, 0.15) is 0 Å². The molecule has 1 nitrogen and oxygen atoms in total. The van der Waals surface area contributed by atoms with Gasteiger partial charge in [0.25, 0.3) is 0 Å². The van der Waals surface area contributed by atoms with Crippen LogP contribution in [-0.2, 0) is 4.79 Å². The minimum Gasteiger partial charge on any atom is -0.285 e. The zero-order valence-corrected chi connectivity index (χ0v) is 8.86. The summed E-state index contributed by atoms with van der Waals surface area (Å²) >= 11 is 0. The predicted octanol–water partition coefficient (Wildman–Crippen LogP) is 3.33. The van der Waals surface area contributed by atoms with Crippen molar-refractivity contribution in [3.8, 4) is 11.8 Å². The van der Waals surface area contributed by atoms with Crippen LogP contribution in [0.4, 0.5) is 0 Å². The molecule has 0 aromatic carbocycles. The largest absolute Gasteiger partial charge is 0.285 e. The number of ketones is 1. The quantitative estimate of drug-likeness (QED) is 0.348. The van der Waals surface area contributed by atoms with Crippen LogP contribution >= 0.6 is 0 Å². The third-order valence-corrected chi connectivity index (χ3v) is 1.92. The summed E-state index contributed by atoms with van der Waals surface area (Å²) in [6, 6.07) is 0. The van der Waals surface area contributed by atoms with E-state index in [0.29, 0.717) is 0 Å². The second-order valence-electron chi connectivity index (χ2n) is 3.38. The molecule has 0 N–H and O–H groups in total. The Labute approximate surface area is 81.9 Å². The van der Waals surface area contributed by atoms with Gasteiger partial charge in [0.2, 0.25) is 5.78 Å². The lowest BCUT2D eigenvalue weighted by Crippen LogP contribution is -1.81. The van der Waals surface area contributed by atoms with Crippen LogP contribution in [0.2, 0.25) is 0 Å². The molecule has 0 bridgehead atoms. The van der Waals surface area contributed by atoms with E-state index in [1.54, 1.807) is 0 Å². The van der Waals surface area contributed by atoms with Crippen LogP contribution in [0.25, 0.3) is 0 Å². The predicted molar refractivity (Wildman–Crippen MR) is 56.5 cm³/mol. The van der Waals surface area contributed by atoms with Crippen LogP contribution in [0.15, 0.2) is 0 Å². The molecule has 0 amide bonds. The molecule has 0 aliphatic heterocycles. The highest BCUT2D eigenvalue weighted by atomic mass is 16.1. The first-order chi connectivity index (χ1) is 6.27. The number of carbonyl (C=O) groups excluding carboxylic acids is 1. The van der Waals surface area contributed by atoms with E-state index in [0.717, 1.165) is 12.8 Å². The van der Waals surface area contributed by atoms with Gasteiger partial charge in [0, 0.05) is 13.3 Å². The first-order valence-electron chi connectivity index (χ1n) is 5.26. The molecule has 0 aliphatic carbocycles. The lowest BCUT2D eigenvalue weighted by molar-refractivity contribution is -0.111. The molecule has 74 valence electrons. The maximum atomic E-state index is 10.4. The van der Waals surface area contributed by atoms with Gasteiger partial charge in [-0.3, -0.25) is 4.79 Å². The van der Waals surface area contributed by atoms with Crippen LogP contribution in [-0.4, -0.2) is 5.78 Å². The van der Waals surface area contributed by atoms with Crippen molar-refractivity contribution in [3.63, 3.8) is 0 Å². The summed E-state index contributed by atoms with van der Waals surface area (Å²) in [7, 11) is 0. The monoisotopic (exact) mass is 180 g/mol. The molecule has 0 atom stereocenters. The Morgan fingerprint density at radius 3 is 2.31 bits per heavy atom. The van der Waals surface area contributed by atoms with Gasteiger partial charge >= 0.3 is 0 Å². The Kier molecular flexibility index (Phi) is 8.77. The summed E-state index contributed by atoms with van der Waals surface area (Å²) in [5.74, 6) is 5.41. The number of Topliss-reactive ketones (excluding diaryl/α,β-unsaturated/α-hetero) is 1. The third-order valence-electron chi connectivity index (χ3n) is 1.92. The number of hydrogen-bond acceptors (Lipinski definition) is 1. The van der Waals surface area contributed by atoms with E-state index in [-0.39, 0.29) is 5.78 Å². The lowest BCUT2D eigenvalue weighted by atomic mass is 10.1. The summed E-state index contributed by atoms with van der Waals surface area (Å²) in [6.07, 6.45) is 8.58. The molecule has 0 aromatic heterocycles. The van der Waals surface area contributed by atoms with Gasteiger partial charge < -0.3 is 0 Å². The van der Waals surface area contributed by atoms with Gasteiger partial charge in [0.05, 0.1) is 0 Å². The Hall–Kier alpha value is -0.770. The van der Waals surface area contributed by atoms with Crippen molar-refractivity contribution in [2.75, 3.05) is 0 Å². The SMILES string of the molecule is CCCCCCCCC#CC(C)=O. The lowest BCUT2D eigenvalue weighted by Gasteiger charge is -1.96. The van der Waals surface area contributed by atoms with E-state index in [9.17, 15) is 4.79 Å². The normalized spacial score (nSPS) is 9.08. The number of unbranched alkanes of at least 4 members (excludes halogenated alkanes) is 6. The van der Waals surface area contributed by atoms with Crippen molar-refractivity contribution < 1.29 is 4.79 Å².